The lowest BCUT2D eigenvalue weighted by Gasteiger charge is -2.36. The Balaban J connectivity index is 3.21. The topological polar surface area (TPSA) is 86.2 Å². The Hall–Kier alpha value is -1.17. The molecule has 96 valence electrons. The summed E-state index contributed by atoms with van der Waals surface area (Å²) in [5.74, 6) is 6.13. The van der Waals surface area contributed by atoms with Gasteiger partial charge in [0, 0.05) is 18.9 Å². The van der Waals surface area contributed by atoms with Crippen molar-refractivity contribution >= 4 is 5.82 Å². The molecule has 1 aromatic heterocycles. The fourth-order valence-corrected chi connectivity index (χ4v) is 1.89. The largest absolute Gasteiger partial charge is 0.383 e. The molecule has 1 heterocycles. The zero-order valence-corrected chi connectivity index (χ0v) is 10.9. The predicted molar refractivity (Wildman–Crippen MR) is 69.2 cm³/mol. The maximum absolute atomic E-state index is 5.91. The zero-order chi connectivity index (χ0) is 13.1. The van der Waals surface area contributed by atoms with Crippen LogP contribution in [0.25, 0.3) is 0 Å². The molecule has 2 unspecified atom stereocenters. The van der Waals surface area contributed by atoms with E-state index in [9.17, 15) is 0 Å². The number of pyridine rings is 1. The number of nitrogens with two attached hydrogens (primary N) is 2. The number of nitrogens with one attached hydrogen (secondary N) is 1. The first kappa shape index (κ1) is 13.9. The van der Waals surface area contributed by atoms with Crippen LogP contribution in [0.4, 0.5) is 5.82 Å². The molecule has 0 aromatic carbocycles. The second kappa shape index (κ2) is 5.44. The van der Waals surface area contributed by atoms with Crippen LogP contribution in [0.5, 0.6) is 0 Å². The van der Waals surface area contributed by atoms with Crippen molar-refractivity contribution in [3.8, 4) is 0 Å². The van der Waals surface area contributed by atoms with E-state index in [-0.39, 0.29) is 6.04 Å². The van der Waals surface area contributed by atoms with Crippen molar-refractivity contribution in [1.82, 2.24) is 10.4 Å². The van der Waals surface area contributed by atoms with Gasteiger partial charge in [0.05, 0.1) is 11.6 Å². The predicted octanol–water partition coefficient (Wildman–Crippen LogP) is 1.29. The van der Waals surface area contributed by atoms with Crippen LogP contribution in [-0.4, -0.2) is 17.7 Å². The summed E-state index contributed by atoms with van der Waals surface area (Å²) in [7, 11) is 1.67. The van der Waals surface area contributed by atoms with Crippen molar-refractivity contribution < 1.29 is 4.74 Å². The van der Waals surface area contributed by atoms with Crippen LogP contribution in [0.15, 0.2) is 12.3 Å². The maximum Gasteiger partial charge on any atom is 0.128 e. The number of nitrogens with zero attached hydrogens (tertiary/aromatic N) is 1. The average molecular weight is 238 g/mol. The van der Waals surface area contributed by atoms with Gasteiger partial charge in [0.2, 0.25) is 0 Å². The van der Waals surface area contributed by atoms with Gasteiger partial charge in [0.15, 0.2) is 0 Å². The number of rotatable bonds is 5. The lowest BCUT2D eigenvalue weighted by Crippen LogP contribution is -2.46. The highest BCUT2D eigenvalue weighted by molar-refractivity contribution is 5.44. The second-order valence-electron chi connectivity index (χ2n) is 4.46. The van der Waals surface area contributed by atoms with Crippen molar-refractivity contribution in [2.45, 2.75) is 38.8 Å². The molecular weight excluding hydrogens is 216 g/mol. The van der Waals surface area contributed by atoms with Crippen molar-refractivity contribution in [3.63, 3.8) is 0 Å². The van der Waals surface area contributed by atoms with Gasteiger partial charge in [0.25, 0.3) is 0 Å². The summed E-state index contributed by atoms with van der Waals surface area (Å²) < 4.78 is 5.56. The third-order valence-electron chi connectivity index (χ3n) is 3.34. The first-order valence-electron chi connectivity index (χ1n) is 5.71. The molecule has 17 heavy (non-hydrogen) atoms. The molecular formula is C12H22N4O. The SMILES string of the molecule is CCC(C)(OC)C(NN)c1cc(C)cnc1N. The smallest absolute Gasteiger partial charge is 0.128 e. The molecule has 1 aromatic rings. The van der Waals surface area contributed by atoms with Gasteiger partial charge in [-0.15, -0.1) is 0 Å². The summed E-state index contributed by atoms with van der Waals surface area (Å²) in [5, 5.41) is 0. The summed E-state index contributed by atoms with van der Waals surface area (Å²) in [4.78, 5) is 4.16. The molecule has 5 nitrogen and oxygen atoms in total. The van der Waals surface area contributed by atoms with Crippen LogP contribution in [0.1, 0.15) is 37.4 Å². The van der Waals surface area contributed by atoms with Gasteiger partial charge in [-0.05, 0) is 31.9 Å². The van der Waals surface area contributed by atoms with E-state index in [0.717, 1.165) is 17.5 Å². The highest BCUT2D eigenvalue weighted by atomic mass is 16.5. The number of hydrogen-bond acceptors (Lipinski definition) is 5. The molecule has 0 aliphatic carbocycles. The van der Waals surface area contributed by atoms with E-state index in [4.69, 9.17) is 16.3 Å². The molecule has 2 atom stereocenters. The minimum atomic E-state index is -0.418. The third kappa shape index (κ3) is 2.74. The molecule has 0 fully saturated rings. The van der Waals surface area contributed by atoms with Crippen LogP contribution >= 0.6 is 0 Å². The Kier molecular flexibility index (Phi) is 4.45. The van der Waals surface area contributed by atoms with Crippen LogP contribution < -0.4 is 17.0 Å². The fourth-order valence-electron chi connectivity index (χ4n) is 1.89. The summed E-state index contributed by atoms with van der Waals surface area (Å²) in [6.45, 7) is 6.02. The number of hydrazine groups is 1. The van der Waals surface area contributed by atoms with E-state index >= 15 is 0 Å². The van der Waals surface area contributed by atoms with Crippen molar-refractivity contribution in [3.05, 3.63) is 23.4 Å². The summed E-state index contributed by atoms with van der Waals surface area (Å²) in [5.41, 5.74) is 10.2. The number of hydrogen-bond donors (Lipinski definition) is 3. The first-order chi connectivity index (χ1) is 7.98. The molecule has 0 amide bonds. The molecule has 0 saturated heterocycles. The van der Waals surface area contributed by atoms with E-state index in [0.29, 0.717) is 5.82 Å². The number of nitrogen functional groups attached to an aromatic ring is 1. The van der Waals surface area contributed by atoms with Gasteiger partial charge >= 0.3 is 0 Å². The Labute approximate surface area is 103 Å². The van der Waals surface area contributed by atoms with Crippen LogP contribution in [0, 0.1) is 6.92 Å². The lowest BCUT2D eigenvalue weighted by molar-refractivity contribution is -0.0299. The number of aryl methyl sites for hydroxylation is 1. The number of ether oxygens (including phenoxy) is 1. The Morgan fingerprint density at radius 1 is 1.59 bits per heavy atom. The molecule has 0 spiro atoms. The molecule has 5 N–H and O–H groups in total. The van der Waals surface area contributed by atoms with E-state index in [2.05, 4.69) is 10.4 Å². The van der Waals surface area contributed by atoms with Crippen LogP contribution in [0.2, 0.25) is 0 Å². The fraction of sp³-hybridized carbons (Fsp3) is 0.583. The monoisotopic (exact) mass is 238 g/mol. The van der Waals surface area contributed by atoms with E-state index in [1.165, 1.54) is 0 Å². The molecule has 0 radical (unpaired) electrons. The molecule has 0 aliphatic heterocycles. The number of aromatic nitrogens is 1. The standard InChI is InChI=1S/C12H22N4O/c1-5-12(3,17-4)10(16-14)9-6-8(2)7-15-11(9)13/h6-7,10,16H,5,14H2,1-4H3,(H2,13,15). The molecule has 1 rings (SSSR count). The maximum atomic E-state index is 5.91. The van der Waals surface area contributed by atoms with E-state index in [1.807, 2.05) is 26.8 Å². The molecule has 0 saturated carbocycles. The van der Waals surface area contributed by atoms with Crippen molar-refractivity contribution in [2.24, 2.45) is 5.84 Å². The minimum absolute atomic E-state index is 0.190. The highest BCUT2D eigenvalue weighted by Crippen LogP contribution is 2.33. The van der Waals surface area contributed by atoms with Gasteiger partial charge in [-0.25, -0.2) is 10.4 Å². The normalized spacial score (nSPS) is 16.5. The Morgan fingerprint density at radius 3 is 2.71 bits per heavy atom. The molecule has 0 aliphatic rings. The van der Waals surface area contributed by atoms with Crippen LogP contribution in [0.3, 0.4) is 0 Å². The second-order valence-corrected chi connectivity index (χ2v) is 4.46. The minimum Gasteiger partial charge on any atom is -0.383 e. The Morgan fingerprint density at radius 2 is 2.24 bits per heavy atom. The van der Waals surface area contributed by atoms with Gasteiger partial charge in [-0.2, -0.15) is 0 Å². The van der Waals surface area contributed by atoms with Gasteiger partial charge in [-0.3, -0.25) is 5.84 Å². The lowest BCUT2D eigenvalue weighted by atomic mass is 9.88. The number of anilines is 1. The van der Waals surface area contributed by atoms with Crippen molar-refractivity contribution in [2.75, 3.05) is 12.8 Å². The quantitative estimate of drug-likeness (QED) is 0.531. The first-order valence-corrected chi connectivity index (χ1v) is 5.71. The third-order valence-corrected chi connectivity index (χ3v) is 3.34. The van der Waals surface area contributed by atoms with E-state index < -0.39 is 5.60 Å². The summed E-state index contributed by atoms with van der Waals surface area (Å²) in [6.07, 6.45) is 2.55. The number of methoxy groups -OCH3 is 1. The average Bonchev–Trinajstić information content (AvgIpc) is 2.34. The molecule has 5 heteroatoms. The highest BCUT2D eigenvalue weighted by Gasteiger charge is 2.34. The Bertz CT molecular complexity index is 377. The van der Waals surface area contributed by atoms with Gasteiger partial charge < -0.3 is 10.5 Å². The zero-order valence-electron chi connectivity index (χ0n) is 10.9. The van der Waals surface area contributed by atoms with Crippen molar-refractivity contribution in [1.29, 1.82) is 0 Å². The summed E-state index contributed by atoms with van der Waals surface area (Å²) in [6, 6.07) is 1.80. The summed E-state index contributed by atoms with van der Waals surface area (Å²) >= 11 is 0. The molecule has 0 bridgehead atoms. The van der Waals surface area contributed by atoms with Gasteiger partial charge in [0.1, 0.15) is 5.82 Å². The van der Waals surface area contributed by atoms with Crippen LogP contribution in [-0.2, 0) is 4.74 Å². The van der Waals surface area contributed by atoms with Gasteiger partial charge in [-0.1, -0.05) is 6.92 Å². The van der Waals surface area contributed by atoms with E-state index in [1.54, 1.807) is 13.3 Å².